The molecular weight excluding hydrogens is 188 g/mol. The summed E-state index contributed by atoms with van der Waals surface area (Å²) in [5, 5.41) is 11.0. The van der Waals surface area contributed by atoms with Crippen molar-refractivity contribution >= 4 is 17.4 Å². The number of thiazole rings is 1. The van der Waals surface area contributed by atoms with Crippen molar-refractivity contribution in [2.45, 2.75) is 19.8 Å². The average Bonchev–Trinajstić information content (AvgIpc) is 2.48. The van der Waals surface area contributed by atoms with E-state index in [2.05, 4.69) is 4.98 Å². The summed E-state index contributed by atoms with van der Waals surface area (Å²) in [5.41, 5.74) is 0. The van der Waals surface area contributed by atoms with E-state index in [-0.39, 0.29) is 0 Å². The van der Waals surface area contributed by atoms with E-state index in [1.54, 1.807) is 6.20 Å². The van der Waals surface area contributed by atoms with Gasteiger partial charge in [-0.2, -0.15) is 0 Å². The van der Waals surface area contributed by atoms with Gasteiger partial charge in [-0.3, -0.25) is 10.1 Å². The highest BCUT2D eigenvalue weighted by atomic mass is 32.1. The summed E-state index contributed by atoms with van der Waals surface area (Å²) >= 11 is 1.48. The highest BCUT2D eigenvalue weighted by Crippen LogP contribution is 2.21. The van der Waals surface area contributed by atoms with Crippen LogP contribution in [-0.2, 0) is 0 Å². The third-order valence-corrected chi connectivity index (χ3v) is 2.66. The number of aromatic nitrogens is 1. The molecule has 0 aliphatic heterocycles. The molecule has 0 saturated carbocycles. The van der Waals surface area contributed by atoms with Crippen LogP contribution in [0.15, 0.2) is 12.4 Å². The molecule has 0 amide bonds. The Morgan fingerprint density at radius 3 is 2.85 bits per heavy atom. The number of hydrogen-bond acceptors (Lipinski definition) is 4. The minimum Gasteiger partial charge on any atom is -0.259 e. The fourth-order valence-electron chi connectivity index (χ4n) is 0.779. The minimum atomic E-state index is -0.477. The van der Waals surface area contributed by atoms with Crippen LogP contribution in [-0.4, -0.2) is 9.91 Å². The monoisotopic (exact) mass is 198 g/mol. The second-order valence-corrected chi connectivity index (χ2v) is 3.95. The van der Waals surface area contributed by atoms with Gasteiger partial charge in [0.15, 0.2) is 0 Å². The highest BCUT2D eigenvalue weighted by Gasteiger charge is 2.03. The Morgan fingerprint density at radius 2 is 2.38 bits per heavy atom. The zero-order valence-corrected chi connectivity index (χ0v) is 8.25. The Hall–Kier alpha value is -1.23. The molecule has 0 aliphatic carbocycles. The average molecular weight is 198 g/mol. The van der Waals surface area contributed by atoms with Crippen molar-refractivity contribution in [1.29, 1.82) is 0 Å². The SMILES string of the molecule is CC(C)c1ncc(/C=C/[N+](=O)[O-])s1. The maximum Gasteiger partial charge on any atom is 0.235 e. The summed E-state index contributed by atoms with van der Waals surface area (Å²) in [5.74, 6) is 0.378. The van der Waals surface area contributed by atoms with E-state index in [1.165, 1.54) is 17.4 Å². The smallest absolute Gasteiger partial charge is 0.235 e. The van der Waals surface area contributed by atoms with Gasteiger partial charge in [-0.1, -0.05) is 13.8 Å². The van der Waals surface area contributed by atoms with Gasteiger partial charge in [0, 0.05) is 18.2 Å². The second kappa shape index (κ2) is 4.13. The van der Waals surface area contributed by atoms with Crippen molar-refractivity contribution in [3.8, 4) is 0 Å². The Labute approximate surface area is 80.1 Å². The molecule has 4 nitrogen and oxygen atoms in total. The molecule has 1 rings (SSSR count). The van der Waals surface area contributed by atoms with Gasteiger partial charge in [-0.05, 0) is 0 Å². The predicted octanol–water partition coefficient (Wildman–Crippen LogP) is 2.51. The molecule has 1 aromatic rings. The van der Waals surface area contributed by atoms with E-state index in [9.17, 15) is 10.1 Å². The summed E-state index contributed by atoms with van der Waals surface area (Å²) in [4.78, 5) is 14.5. The zero-order chi connectivity index (χ0) is 9.84. The van der Waals surface area contributed by atoms with Crippen LogP contribution in [0.5, 0.6) is 0 Å². The van der Waals surface area contributed by atoms with Crippen molar-refractivity contribution in [2.24, 2.45) is 0 Å². The summed E-state index contributed by atoms with van der Waals surface area (Å²) in [6.45, 7) is 4.08. The maximum atomic E-state index is 10.0. The van der Waals surface area contributed by atoms with Gasteiger partial charge in [0.25, 0.3) is 0 Å². The van der Waals surface area contributed by atoms with Gasteiger partial charge >= 0.3 is 0 Å². The first-order chi connectivity index (χ1) is 6.09. The molecule has 5 heteroatoms. The normalized spacial score (nSPS) is 11.3. The Morgan fingerprint density at radius 1 is 1.69 bits per heavy atom. The van der Waals surface area contributed by atoms with Crippen LogP contribution >= 0.6 is 11.3 Å². The summed E-state index contributed by atoms with van der Waals surface area (Å²) in [6.07, 6.45) is 4.04. The van der Waals surface area contributed by atoms with Gasteiger partial charge < -0.3 is 0 Å². The van der Waals surface area contributed by atoms with Crippen LogP contribution < -0.4 is 0 Å². The Kier molecular flexibility index (Phi) is 3.13. The fourth-order valence-corrected chi connectivity index (χ4v) is 1.60. The maximum absolute atomic E-state index is 10.0. The second-order valence-electron chi connectivity index (χ2n) is 2.86. The van der Waals surface area contributed by atoms with Crippen molar-refractivity contribution in [3.63, 3.8) is 0 Å². The number of hydrogen-bond donors (Lipinski definition) is 0. The number of rotatable bonds is 3. The third kappa shape index (κ3) is 2.95. The Balaban J connectivity index is 2.75. The van der Waals surface area contributed by atoms with Gasteiger partial charge in [-0.25, -0.2) is 4.98 Å². The van der Waals surface area contributed by atoms with Crippen LogP contribution in [0.2, 0.25) is 0 Å². The highest BCUT2D eigenvalue weighted by molar-refractivity contribution is 7.12. The van der Waals surface area contributed by atoms with Crippen LogP contribution in [0, 0.1) is 10.1 Å². The molecule has 0 bridgehead atoms. The molecule has 0 aromatic carbocycles. The quantitative estimate of drug-likeness (QED) is 0.554. The molecule has 0 unspecified atom stereocenters. The molecule has 0 saturated heterocycles. The van der Waals surface area contributed by atoms with Gasteiger partial charge in [0.2, 0.25) is 6.20 Å². The lowest BCUT2D eigenvalue weighted by Crippen LogP contribution is -1.81. The molecule has 0 spiro atoms. The lowest BCUT2D eigenvalue weighted by Gasteiger charge is -1.94. The molecule has 1 aromatic heterocycles. The van der Waals surface area contributed by atoms with Crippen LogP contribution in [0.3, 0.4) is 0 Å². The van der Waals surface area contributed by atoms with E-state index < -0.39 is 4.92 Å². The number of nitro groups is 1. The van der Waals surface area contributed by atoms with E-state index in [4.69, 9.17) is 0 Å². The first kappa shape index (κ1) is 9.85. The van der Waals surface area contributed by atoms with Crippen molar-refractivity contribution in [1.82, 2.24) is 4.98 Å². The first-order valence-corrected chi connectivity index (χ1v) is 4.68. The first-order valence-electron chi connectivity index (χ1n) is 3.87. The molecule has 0 fully saturated rings. The summed E-state index contributed by atoms with van der Waals surface area (Å²) < 4.78 is 0. The molecule has 0 N–H and O–H groups in total. The lowest BCUT2D eigenvalue weighted by molar-refractivity contribution is -0.400. The molecule has 70 valence electrons. The molecule has 0 atom stereocenters. The topological polar surface area (TPSA) is 56.0 Å². The predicted molar refractivity (Wildman–Crippen MR) is 52.2 cm³/mol. The molecule has 13 heavy (non-hydrogen) atoms. The van der Waals surface area contributed by atoms with E-state index in [0.717, 1.165) is 16.1 Å². The van der Waals surface area contributed by atoms with Gasteiger partial charge in [-0.15, -0.1) is 11.3 Å². The Bertz CT molecular complexity index is 331. The molecule has 0 aliphatic rings. The standard InChI is InChI=1S/C8H10N2O2S/c1-6(2)8-9-5-7(13-8)3-4-10(11)12/h3-6H,1-2H3/b4-3+. The van der Waals surface area contributed by atoms with Gasteiger partial charge in [0.05, 0.1) is 14.8 Å². The van der Waals surface area contributed by atoms with Crippen LogP contribution in [0.4, 0.5) is 0 Å². The lowest BCUT2D eigenvalue weighted by atomic mass is 10.2. The molecule has 0 radical (unpaired) electrons. The van der Waals surface area contributed by atoms with E-state index >= 15 is 0 Å². The molecule has 1 heterocycles. The van der Waals surface area contributed by atoms with E-state index in [1.807, 2.05) is 13.8 Å². The van der Waals surface area contributed by atoms with Crippen molar-refractivity contribution in [2.75, 3.05) is 0 Å². The summed E-state index contributed by atoms with van der Waals surface area (Å²) in [6, 6.07) is 0. The van der Waals surface area contributed by atoms with E-state index in [0.29, 0.717) is 5.92 Å². The summed E-state index contributed by atoms with van der Waals surface area (Å²) in [7, 11) is 0. The van der Waals surface area contributed by atoms with Crippen molar-refractivity contribution in [3.05, 3.63) is 32.4 Å². The van der Waals surface area contributed by atoms with Gasteiger partial charge in [0.1, 0.15) is 0 Å². The largest absolute Gasteiger partial charge is 0.259 e. The zero-order valence-electron chi connectivity index (χ0n) is 7.43. The third-order valence-electron chi connectivity index (χ3n) is 1.40. The van der Waals surface area contributed by atoms with Crippen LogP contribution in [0.25, 0.3) is 6.08 Å². The minimum absolute atomic E-state index is 0.378. The molecular formula is C8H10N2O2S. The van der Waals surface area contributed by atoms with Crippen molar-refractivity contribution < 1.29 is 4.92 Å². The fraction of sp³-hybridized carbons (Fsp3) is 0.375. The van der Waals surface area contributed by atoms with Crippen LogP contribution in [0.1, 0.15) is 29.7 Å². The number of nitrogens with zero attached hydrogens (tertiary/aromatic N) is 2.